The molecule has 0 spiro atoms. The Bertz CT molecular complexity index is 749. The predicted octanol–water partition coefficient (Wildman–Crippen LogP) is 1.56. The fourth-order valence-electron chi connectivity index (χ4n) is 2.79. The fraction of sp³-hybridized carbons (Fsp3) is 0.263. The molecule has 2 aromatic carbocycles. The van der Waals surface area contributed by atoms with Crippen molar-refractivity contribution in [2.24, 2.45) is 0 Å². The highest BCUT2D eigenvalue weighted by atomic mass is 16.5. The molecule has 1 aliphatic rings. The summed E-state index contributed by atoms with van der Waals surface area (Å²) in [6.45, 7) is 0.194. The van der Waals surface area contributed by atoms with E-state index in [2.05, 4.69) is 16.0 Å². The van der Waals surface area contributed by atoms with Crippen LogP contribution in [-0.2, 0) is 16.1 Å². The van der Waals surface area contributed by atoms with E-state index in [0.717, 1.165) is 11.1 Å². The molecule has 1 saturated heterocycles. The molecule has 0 saturated carbocycles. The second kappa shape index (κ2) is 8.46. The molecule has 1 aliphatic heterocycles. The molecule has 4 N–H and O–H groups in total. The molecule has 136 valence electrons. The molecule has 0 aliphatic carbocycles. The summed E-state index contributed by atoms with van der Waals surface area (Å²) in [7, 11) is 0. The van der Waals surface area contributed by atoms with Gasteiger partial charge in [0, 0.05) is 12.2 Å². The van der Waals surface area contributed by atoms with E-state index >= 15 is 0 Å². The maximum atomic E-state index is 12.0. The molecule has 1 fully saturated rings. The van der Waals surface area contributed by atoms with Crippen molar-refractivity contribution in [2.45, 2.75) is 18.7 Å². The van der Waals surface area contributed by atoms with Crippen LogP contribution in [0.3, 0.4) is 0 Å². The number of rotatable bonds is 5. The van der Waals surface area contributed by atoms with Gasteiger partial charge in [-0.15, -0.1) is 0 Å². The number of hydrogen-bond acceptors (Lipinski definition) is 4. The summed E-state index contributed by atoms with van der Waals surface area (Å²) in [6.07, 6.45) is -0.418. The number of morpholine rings is 1. The van der Waals surface area contributed by atoms with E-state index in [4.69, 9.17) is 4.74 Å². The van der Waals surface area contributed by atoms with Crippen molar-refractivity contribution in [2.75, 3.05) is 18.5 Å². The Labute approximate surface area is 151 Å². The largest absolute Gasteiger partial charge is 0.394 e. The third-order valence-corrected chi connectivity index (χ3v) is 4.10. The molecule has 1 heterocycles. The Hall–Kier alpha value is -2.90. The lowest BCUT2D eigenvalue weighted by molar-refractivity contribution is -0.138. The highest BCUT2D eigenvalue weighted by molar-refractivity contribution is 5.89. The molecule has 2 atom stereocenters. The Kier molecular flexibility index (Phi) is 5.83. The third-order valence-electron chi connectivity index (χ3n) is 4.10. The standard InChI is InChI=1S/C19H21N3O4/c23-11-16-18(26-12-17(24)22-16)14-6-8-15(9-7-14)21-19(25)20-10-13-4-2-1-3-5-13/h1-9,16,18,23H,10-12H2,(H,22,24)(H2,20,21,25)/t16-,18-/m1/s1. The minimum Gasteiger partial charge on any atom is -0.394 e. The first-order chi connectivity index (χ1) is 12.7. The zero-order valence-electron chi connectivity index (χ0n) is 14.1. The molecule has 3 amide bonds. The van der Waals surface area contributed by atoms with Crippen LogP contribution in [0, 0.1) is 0 Å². The maximum Gasteiger partial charge on any atom is 0.319 e. The van der Waals surface area contributed by atoms with E-state index in [0.29, 0.717) is 12.2 Å². The number of aliphatic hydroxyl groups is 1. The number of amides is 3. The number of benzene rings is 2. The monoisotopic (exact) mass is 355 g/mol. The lowest BCUT2D eigenvalue weighted by Gasteiger charge is -2.31. The van der Waals surface area contributed by atoms with E-state index in [1.165, 1.54) is 0 Å². The molecule has 0 aromatic heterocycles. The van der Waals surface area contributed by atoms with Crippen molar-refractivity contribution in [1.29, 1.82) is 0 Å². The quantitative estimate of drug-likeness (QED) is 0.654. The van der Waals surface area contributed by atoms with Crippen molar-refractivity contribution >= 4 is 17.6 Å². The zero-order chi connectivity index (χ0) is 18.4. The minimum atomic E-state index is -0.482. The molecule has 3 rings (SSSR count). The molecule has 0 bridgehead atoms. The number of carbonyl (C=O) groups excluding carboxylic acids is 2. The van der Waals surface area contributed by atoms with Gasteiger partial charge in [-0.05, 0) is 23.3 Å². The highest BCUT2D eigenvalue weighted by Crippen LogP contribution is 2.25. The van der Waals surface area contributed by atoms with Gasteiger partial charge in [-0.1, -0.05) is 42.5 Å². The number of carbonyl (C=O) groups is 2. The van der Waals surface area contributed by atoms with E-state index in [9.17, 15) is 14.7 Å². The molecule has 2 aromatic rings. The van der Waals surface area contributed by atoms with E-state index < -0.39 is 12.1 Å². The molecule has 0 unspecified atom stereocenters. The first-order valence-electron chi connectivity index (χ1n) is 8.36. The first-order valence-corrected chi connectivity index (χ1v) is 8.36. The lowest BCUT2D eigenvalue weighted by atomic mass is 10.0. The summed E-state index contributed by atoms with van der Waals surface area (Å²) >= 11 is 0. The van der Waals surface area contributed by atoms with Crippen molar-refractivity contribution < 1.29 is 19.4 Å². The zero-order valence-corrected chi connectivity index (χ0v) is 14.1. The third kappa shape index (κ3) is 4.59. The summed E-state index contributed by atoms with van der Waals surface area (Å²) < 4.78 is 5.52. The molecule has 7 heteroatoms. The van der Waals surface area contributed by atoms with Gasteiger partial charge in [0.05, 0.1) is 12.6 Å². The van der Waals surface area contributed by atoms with Crippen LogP contribution >= 0.6 is 0 Å². The van der Waals surface area contributed by atoms with Gasteiger partial charge in [0.1, 0.15) is 12.7 Å². The lowest BCUT2D eigenvalue weighted by Crippen LogP contribution is -2.49. The second-order valence-electron chi connectivity index (χ2n) is 6.00. The van der Waals surface area contributed by atoms with Crippen molar-refractivity contribution in [3.63, 3.8) is 0 Å². The van der Waals surface area contributed by atoms with Gasteiger partial charge >= 0.3 is 6.03 Å². The van der Waals surface area contributed by atoms with Crippen LogP contribution in [0.4, 0.5) is 10.5 Å². The smallest absolute Gasteiger partial charge is 0.319 e. The Balaban J connectivity index is 1.55. The summed E-state index contributed by atoms with van der Waals surface area (Å²) in [6, 6.07) is 16.0. The van der Waals surface area contributed by atoms with Crippen LogP contribution in [0.15, 0.2) is 54.6 Å². The van der Waals surface area contributed by atoms with Gasteiger partial charge in [0.15, 0.2) is 0 Å². The maximum absolute atomic E-state index is 12.0. The summed E-state index contributed by atoms with van der Waals surface area (Å²) in [5.74, 6) is -0.242. The normalized spacial score (nSPS) is 19.5. The first kappa shape index (κ1) is 17.9. The Morgan fingerprint density at radius 1 is 1.15 bits per heavy atom. The predicted molar refractivity (Wildman–Crippen MR) is 96.5 cm³/mol. The van der Waals surface area contributed by atoms with E-state index in [1.54, 1.807) is 24.3 Å². The van der Waals surface area contributed by atoms with Gasteiger partial charge < -0.3 is 25.8 Å². The van der Waals surface area contributed by atoms with Gasteiger partial charge in [-0.3, -0.25) is 4.79 Å². The summed E-state index contributed by atoms with van der Waals surface area (Å²) in [5.41, 5.74) is 2.48. The fourth-order valence-corrected chi connectivity index (χ4v) is 2.79. The van der Waals surface area contributed by atoms with E-state index in [1.807, 2.05) is 30.3 Å². The molecule has 7 nitrogen and oxygen atoms in total. The van der Waals surface area contributed by atoms with Gasteiger partial charge in [-0.25, -0.2) is 4.79 Å². The highest BCUT2D eigenvalue weighted by Gasteiger charge is 2.30. The number of aliphatic hydroxyl groups excluding tert-OH is 1. The average Bonchev–Trinajstić information content (AvgIpc) is 2.68. The number of ether oxygens (including phenoxy) is 1. The second-order valence-corrected chi connectivity index (χ2v) is 6.00. The summed E-state index contributed by atoms with van der Waals surface area (Å²) in [4.78, 5) is 23.3. The van der Waals surface area contributed by atoms with Crippen molar-refractivity contribution in [3.8, 4) is 0 Å². The van der Waals surface area contributed by atoms with Crippen LogP contribution in [0.5, 0.6) is 0 Å². The molecular formula is C19H21N3O4. The van der Waals surface area contributed by atoms with Gasteiger partial charge in [0.2, 0.25) is 5.91 Å². The van der Waals surface area contributed by atoms with Crippen LogP contribution < -0.4 is 16.0 Å². The summed E-state index contributed by atoms with van der Waals surface area (Å²) in [5, 5.41) is 17.7. The van der Waals surface area contributed by atoms with Crippen molar-refractivity contribution in [1.82, 2.24) is 10.6 Å². The number of anilines is 1. The Morgan fingerprint density at radius 3 is 2.58 bits per heavy atom. The van der Waals surface area contributed by atoms with Crippen molar-refractivity contribution in [3.05, 3.63) is 65.7 Å². The SMILES string of the molecule is O=C1CO[C@H](c2ccc(NC(=O)NCc3ccccc3)cc2)[C@@H](CO)N1. The molecular weight excluding hydrogens is 334 g/mol. The number of hydrogen-bond donors (Lipinski definition) is 4. The van der Waals surface area contributed by atoms with Gasteiger partial charge in [0.25, 0.3) is 0 Å². The number of urea groups is 1. The topological polar surface area (TPSA) is 99.7 Å². The van der Waals surface area contributed by atoms with Crippen LogP contribution in [0.1, 0.15) is 17.2 Å². The average molecular weight is 355 g/mol. The Morgan fingerprint density at radius 2 is 1.88 bits per heavy atom. The van der Waals surface area contributed by atoms with Crippen LogP contribution in [0.2, 0.25) is 0 Å². The van der Waals surface area contributed by atoms with Crippen LogP contribution in [0.25, 0.3) is 0 Å². The van der Waals surface area contributed by atoms with E-state index in [-0.39, 0.29) is 25.2 Å². The van der Waals surface area contributed by atoms with Gasteiger partial charge in [-0.2, -0.15) is 0 Å². The molecule has 26 heavy (non-hydrogen) atoms. The van der Waals surface area contributed by atoms with Crippen LogP contribution in [-0.4, -0.2) is 36.3 Å². The minimum absolute atomic E-state index is 0.0386. The molecule has 0 radical (unpaired) electrons. The number of nitrogens with one attached hydrogen (secondary N) is 3.